The number of carbonyl (C=O) groups is 3. The molecule has 0 spiro atoms. The third-order valence-corrected chi connectivity index (χ3v) is 4.82. The number of rotatable bonds is 6. The van der Waals surface area contributed by atoms with Crippen LogP contribution in [0.4, 0.5) is 10.5 Å². The van der Waals surface area contributed by atoms with Crippen molar-refractivity contribution < 1.29 is 29.0 Å². The van der Waals surface area contributed by atoms with E-state index >= 15 is 0 Å². The molecular formula is C18H25ClN4O6. The number of likely N-dealkylation sites (N-methyl/N-ethyl adjacent to an activating group) is 1. The zero-order valence-corrected chi connectivity index (χ0v) is 16.9. The highest BCUT2D eigenvalue weighted by Crippen LogP contribution is 2.34. The van der Waals surface area contributed by atoms with Gasteiger partial charge in [0, 0.05) is 30.9 Å². The minimum absolute atomic E-state index is 0. The number of nitrogens with zero attached hydrogens (tertiary/aromatic N) is 2. The van der Waals surface area contributed by atoms with Crippen LogP contribution in [-0.2, 0) is 9.59 Å². The van der Waals surface area contributed by atoms with Crippen LogP contribution < -0.4 is 20.1 Å². The van der Waals surface area contributed by atoms with Gasteiger partial charge in [0.2, 0.25) is 12.7 Å². The molecule has 0 saturated carbocycles. The normalized spacial score (nSPS) is 16.2. The first-order valence-corrected chi connectivity index (χ1v) is 9.05. The standard InChI is InChI=1S/C18H24N4O6.ClH/c1-21(10-17(24)25)13-4-6-22(7-5-13)9-16(23)20-18(26)19-12-2-3-14-15(8-12)28-11-27-14;/h2-3,8,13H,4-7,9-11H2,1H3,(H,24,25)(H2,19,20,23,26);1H. The van der Waals surface area contributed by atoms with Gasteiger partial charge in [-0.1, -0.05) is 0 Å². The van der Waals surface area contributed by atoms with Crippen LogP contribution in [-0.4, -0.2) is 78.9 Å². The lowest BCUT2D eigenvalue weighted by molar-refractivity contribution is -0.138. The molecular weight excluding hydrogens is 404 g/mol. The Bertz CT molecular complexity index is 754. The predicted molar refractivity (Wildman–Crippen MR) is 107 cm³/mol. The van der Waals surface area contributed by atoms with E-state index in [-0.39, 0.29) is 38.3 Å². The number of carbonyl (C=O) groups excluding carboxylic acids is 2. The second-order valence-electron chi connectivity index (χ2n) is 6.89. The largest absolute Gasteiger partial charge is 0.480 e. The van der Waals surface area contributed by atoms with Gasteiger partial charge in [-0.3, -0.25) is 24.7 Å². The Labute approximate surface area is 174 Å². The van der Waals surface area contributed by atoms with Crippen LogP contribution in [0.25, 0.3) is 0 Å². The number of carboxylic acids is 1. The molecule has 0 atom stereocenters. The molecule has 2 heterocycles. The summed E-state index contributed by atoms with van der Waals surface area (Å²) in [5, 5.41) is 13.8. The third kappa shape index (κ3) is 6.48. The molecule has 3 amide bonds. The van der Waals surface area contributed by atoms with Crippen LogP contribution in [0, 0.1) is 0 Å². The molecule has 3 rings (SSSR count). The summed E-state index contributed by atoms with van der Waals surface area (Å²) in [4.78, 5) is 38.7. The molecule has 0 aromatic heterocycles. The van der Waals surface area contributed by atoms with Crippen LogP contribution in [0.5, 0.6) is 11.5 Å². The first-order valence-electron chi connectivity index (χ1n) is 9.05. The Hall–Kier alpha value is -2.56. The summed E-state index contributed by atoms with van der Waals surface area (Å²) in [6, 6.07) is 4.55. The van der Waals surface area contributed by atoms with E-state index in [0.717, 1.165) is 12.8 Å². The molecule has 160 valence electrons. The van der Waals surface area contributed by atoms with E-state index in [1.165, 1.54) is 0 Å². The zero-order valence-electron chi connectivity index (χ0n) is 16.1. The van der Waals surface area contributed by atoms with E-state index < -0.39 is 17.9 Å². The molecule has 29 heavy (non-hydrogen) atoms. The minimum atomic E-state index is -0.849. The molecule has 11 heteroatoms. The number of benzene rings is 1. The summed E-state index contributed by atoms with van der Waals surface area (Å²) in [6.07, 6.45) is 1.56. The van der Waals surface area contributed by atoms with Gasteiger partial charge >= 0.3 is 12.0 Å². The van der Waals surface area contributed by atoms with Crippen LogP contribution in [0.1, 0.15) is 12.8 Å². The van der Waals surface area contributed by atoms with Crippen molar-refractivity contribution in [1.82, 2.24) is 15.1 Å². The van der Waals surface area contributed by atoms with E-state index in [1.807, 2.05) is 9.80 Å². The highest BCUT2D eigenvalue weighted by molar-refractivity contribution is 6.01. The number of likely N-dealkylation sites (tertiary alicyclic amines) is 1. The van der Waals surface area contributed by atoms with Gasteiger partial charge in [-0.05, 0) is 32.0 Å². The zero-order chi connectivity index (χ0) is 20.1. The summed E-state index contributed by atoms with van der Waals surface area (Å²) < 4.78 is 10.5. The molecule has 0 unspecified atom stereocenters. The molecule has 0 bridgehead atoms. The van der Waals surface area contributed by atoms with Gasteiger partial charge < -0.3 is 19.9 Å². The van der Waals surface area contributed by atoms with Crippen molar-refractivity contribution in [2.75, 3.05) is 45.3 Å². The van der Waals surface area contributed by atoms with Gasteiger partial charge in [0.05, 0.1) is 13.1 Å². The maximum absolute atomic E-state index is 12.1. The second-order valence-corrected chi connectivity index (χ2v) is 6.89. The van der Waals surface area contributed by atoms with Gasteiger partial charge in [-0.15, -0.1) is 12.4 Å². The number of hydrogen-bond donors (Lipinski definition) is 3. The van der Waals surface area contributed by atoms with E-state index in [0.29, 0.717) is 30.3 Å². The molecule has 1 fully saturated rings. The maximum Gasteiger partial charge on any atom is 0.325 e. The lowest BCUT2D eigenvalue weighted by Gasteiger charge is -2.35. The summed E-state index contributed by atoms with van der Waals surface area (Å²) in [7, 11) is 1.79. The van der Waals surface area contributed by atoms with Crippen molar-refractivity contribution in [1.29, 1.82) is 0 Å². The Balaban J connectivity index is 0.00000300. The van der Waals surface area contributed by atoms with Gasteiger partial charge in [0.15, 0.2) is 11.5 Å². The Morgan fingerprint density at radius 1 is 1.21 bits per heavy atom. The lowest BCUT2D eigenvalue weighted by atomic mass is 10.0. The molecule has 0 radical (unpaired) electrons. The van der Waals surface area contributed by atoms with Crippen LogP contribution in [0.15, 0.2) is 18.2 Å². The van der Waals surface area contributed by atoms with Gasteiger partial charge in [0.25, 0.3) is 0 Å². The summed E-state index contributed by atoms with van der Waals surface area (Å²) >= 11 is 0. The van der Waals surface area contributed by atoms with Crippen molar-refractivity contribution >= 4 is 36.0 Å². The molecule has 3 N–H and O–H groups in total. The first kappa shape index (κ1) is 22.7. The average Bonchev–Trinajstić information content (AvgIpc) is 3.09. The minimum Gasteiger partial charge on any atom is -0.480 e. The smallest absolute Gasteiger partial charge is 0.325 e. The molecule has 2 aliphatic heterocycles. The number of amides is 3. The van der Waals surface area contributed by atoms with Crippen molar-refractivity contribution in [3.05, 3.63) is 18.2 Å². The molecule has 2 aliphatic rings. The van der Waals surface area contributed by atoms with Crippen LogP contribution >= 0.6 is 12.4 Å². The number of urea groups is 1. The monoisotopic (exact) mass is 428 g/mol. The van der Waals surface area contributed by atoms with Crippen molar-refractivity contribution in [2.45, 2.75) is 18.9 Å². The van der Waals surface area contributed by atoms with Crippen molar-refractivity contribution in [3.8, 4) is 11.5 Å². The number of nitrogens with one attached hydrogen (secondary N) is 2. The van der Waals surface area contributed by atoms with Crippen molar-refractivity contribution in [3.63, 3.8) is 0 Å². The van der Waals surface area contributed by atoms with Crippen LogP contribution in [0.3, 0.4) is 0 Å². The summed E-state index contributed by atoms with van der Waals surface area (Å²) in [5.41, 5.74) is 0.497. The molecule has 0 aliphatic carbocycles. The fraction of sp³-hybridized carbons (Fsp3) is 0.500. The molecule has 1 aromatic carbocycles. The predicted octanol–water partition coefficient (Wildman–Crippen LogP) is 0.966. The summed E-state index contributed by atoms with van der Waals surface area (Å²) in [6.45, 7) is 1.61. The van der Waals surface area contributed by atoms with Crippen molar-refractivity contribution in [2.24, 2.45) is 0 Å². The molecule has 1 aromatic rings. The summed E-state index contributed by atoms with van der Waals surface area (Å²) in [5.74, 6) is -0.0901. The maximum atomic E-state index is 12.1. The number of halogens is 1. The second kappa shape index (κ2) is 10.3. The van der Waals surface area contributed by atoms with Crippen LogP contribution in [0.2, 0.25) is 0 Å². The molecule has 1 saturated heterocycles. The highest BCUT2D eigenvalue weighted by Gasteiger charge is 2.25. The number of carboxylic acid groups (broad SMARTS) is 1. The first-order chi connectivity index (χ1) is 13.4. The number of imide groups is 1. The Kier molecular flexibility index (Phi) is 8.06. The van der Waals surface area contributed by atoms with E-state index in [9.17, 15) is 14.4 Å². The number of hydrogen-bond acceptors (Lipinski definition) is 7. The quantitative estimate of drug-likeness (QED) is 0.613. The number of ether oxygens (including phenoxy) is 2. The van der Waals surface area contributed by atoms with E-state index in [1.54, 1.807) is 25.2 Å². The topological polar surface area (TPSA) is 120 Å². The third-order valence-electron chi connectivity index (χ3n) is 4.82. The fourth-order valence-electron chi connectivity index (χ4n) is 3.37. The van der Waals surface area contributed by atoms with E-state index in [2.05, 4.69) is 10.6 Å². The molecule has 10 nitrogen and oxygen atoms in total. The number of aliphatic carboxylic acids is 1. The van der Waals surface area contributed by atoms with E-state index in [4.69, 9.17) is 14.6 Å². The van der Waals surface area contributed by atoms with Gasteiger partial charge in [-0.25, -0.2) is 4.79 Å². The Morgan fingerprint density at radius 2 is 1.90 bits per heavy atom. The Morgan fingerprint density at radius 3 is 2.59 bits per heavy atom. The average molecular weight is 429 g/mol. The number of fused-ring (bicyclic) bond motifs is 1. The van der Waals surface area contributed by atoms with Gasteiger partial charge in [-0.2, -0.15) is 0 Å². The highest BCUT2D eigenvalue weighted by atomic mass is 35.5. The van der Waals surface area contributed by atoms with Gasteiger partial charge in [0.1, 0.15) is 0 Å². The number of piperidine rings is 1. The SMILES string of the molecule is CN(CC(=O)O)C1CCN(CC(=O)NC(=O)Nc2ccc3c(c2)OCO3)CC1.Cl. The lowest BCUT2D eigenvalue weighted by Crippen LogP contribution is -2.48. The fourth-order valence-corrected chi connectivity index (χ4v) is 3.37. The number of anilines is 1.